The number of carbonyl (C=O) groups is 1. The second kappa shape index (κ2) is 10.1. The Bertz CT molecular complexity index is 1250. The third kappa shape index (κ3) is 4.37. The quantitative estimate of drug-likeness (QED) is 0.482. The predicted molar refractivity (Wildman–Crippen MR) is 134 cm³/mol. The smallest absolute Gasteiger partial charge is 0.174 e. The number of carbonyl (C=O) groups excluding carboxylic acids is 1. The fourth-order valence-corrected chi connectivity index (χ4v) is 5.30. The number of nitrogens with zero attached hydrogens (tertiary/aromatic N) is 2. The van der Waals surface area contributed by atoms with Crippen LogP contribution in [0.2, 0.25) is 0 Å². The summed E-state index contributed by atoms with van der Waals surface area (Å²) in [4.78, 5) is 14.8. The summed E-state index contributed by atoms with van der Waals surface area (Å²) in [6, 6.07) is 12.4. The molecule has 2 aromatic rings. The van der Waals surface area contributed by atoms with E-state index in [1.54, 1.807) is 36.2 Å². The maximum atomic E-state index is 14.1. The maximum Gasteiger partial charge on any atom is 0.174 e. The second-order valence-electron chi connectivity index (χ2n) is 8.18. The lowest BCUT2D eigenvalue weighted by Gasteiger charge is -2.37. The molecule has 0 saturated heterocycles. The van der Waals surface area contributed by atoms with Gasteiger partial charge in [0.2, 0.25) is 0 Å². The predicted octanol–water partition coefficient (Wildman–Crippen LogP) is 5.14. The van der Waals surface area contributed by atoms with Gasteiger partial charge in [-0.1, -0.05) is 18.2 Å². The summed E-state index contributed by atoms with van der Waals surface area (Å²) in [5.74, 6) is 0.438. The van der Waals surface area contributed by atoms with Gasteiger partial charge in [-0.05, 0) is 66.1 Å². The first kappa shape index (κ1) is 24.1. The van der Waals surface area contributed by atoms with Crippen LogP contribution in [0.3, 0.4) is 0 Å². The zero-order chi connectivity index (χ0) is 24.4. The van der Waals surface area contributed by atoms with Crippen molar-refractivity contribution in [3.8, 4) is 17.6 Å². The number of benzene rings is 2. The van der Waals surface area contributed by atoms with E-state index >= 15 is 0 Å². The molecule has 176 valence electrons. The molecule has 0 amide bonds. The Hall–Kier alpha value is -3.06. The fourth-order valence-electron chi connectivity index (χ4n) is 4.52. The van der Waals surface area contributed by atoms with Crippen molar-refractivity contribution in [2.24, 2.45) is 5.73 Å². The SMILES string of the molecule is CCOc1cc([C@H]2C(C#N)=C(N)N(C)C3=C2C(=O)CCC3)cc(I)c1OCc1ccccc1F. The topological polar surface area (TPSA) is 88.6 Å². The van der Waals surface area contributed by atoms with Crippen LogP contribution in [-0.4, -0.2) is 24.3 Å². The van der Waals surface area contributed by atoms with Gasteiger partial charge in [0.15, 0.2) is 17.3 Å². The number of ether oxygens (including phenoxy) is 2. The van der Waals surface area contributed by atoms with E-state index in [4.69, 9.17) is 15.2 Å². The summed E-state index contributed by atoms with van der Waals surface area (Å²) in [7, 11) is 1.80. The molecule has 1 aliphatic heterocycles. The van der Waals surface area contributed by atoms with Crippen LogP contribution in [-0.2, 0) is 11.4 Å². The van der Waals surface area contributed by atoms with Gasteiger partial charge < -0.3 is 20.1 Å². The van der Waals surface area contributed by atoms with Crippen LogP contribution in [0.25, 0.3) is 0 Å². The Balaban J connectivity index is 1.79. The molecule has 1 heterocycles. The molecule has 0 unspecified atom stereocenters. The first-order chi connectivity index (χ1) is 16.4. The Morgan fingerprint density at radius 1 is 1.26 bits per heavy atom. The maximum absolute atomic E-state index is 14.1. The largest absolute Gasteiger partial charge is 0.490 e. The third-order valence-corrected chi connectivity index (χ3v) is 6.96. The zero-order valence-electron chi connectivity index (χ0n) is 19.0. The molecular formula is C26H25FIN3O3. The molecule has 0 bridgehead atoms. The highest BCUT2D eigenvalue weighted by Gasteiger charge is 2.39. The van der Waals surface area contributed by atoms with Crippen molar-refractivity contribution < 1.29 is 18.7 Å². The molecule has 0 fully saturated rings. The Morgan fingerprint density at radius 3 is 2.74 bits per heavy atom. The standard InChI is InChI=1S/C26H25FIN3O3/c1-3-33-22-12-16(11-19(28)25(22)34-14-15-7-4-5-8-18(15)27)23-17(13-29)26(30)31(2)20-9-6-10-21(32)24(20)23/h4-5,7-8,11-12,23H,3,6,9-10,14,30H2,1-2H3/t23-/m0/s1. The van der Waals surface area contributed by atoms with E-state index in [9.17, 15) is 14.4 Å². The number of rotatable bonds is 6. The highest BCUT2D eigenvalue weighted by atomic mass is 127. The van der Waals surface area contributed by atoms with Crippen LogP contribution in [0, 0.1) is 20.7 Å². The van der Waals surface area contributed by atoms with E-state index < -0.39 is 5.92 Å². The number of allylic oxidation sites excluding steroid dienone is 3. The third-order valence-electron chi connectivity index (χ3n) is 6.16. The van der Waals surface area contributed by atoms with Crippen molar-refractivity contribution in [1.29, 1.82) is 5.26 Å². The lowest BCUT2D eigenvalue weighted by atomic mass is 9.76. The minimum atomic E-state index is -0.572. The summed E-state index contributed by atoms with van der Waals surface area (Å²) in [5.41, 5.74) is 9.35. The molecule has 0 spiro atoms. The van der Waals surface area contributed by atoms with E-state index in [2.05, 4.69) is 28.7 Å². The minimum absolute atomic E-state index is 0.0335. The van der Waals surface area contributed by atoms with Gasteiger partial charge in [-0.2, -0.15) is 5.26 Å². The van der Waals surface area contributed by atoms with Crippen molar-refractivity contribution in [3.63, 3.8) is 0 Å². The van der Waals surface area contributed by atoms with Gasteiger partial charge in [0, 0.05) is 30.3 Å². The van der Waals surface area contributed by atoms with Gasteiger partial charge in [-0.15, -0.1) is 0 Å². The first-order valence-corrected chi connectivity index (χ1v) is 12.2. The monoisotopic (exact) mass is 573 g/mol. The zero-order valence-corrected chi connectivity index (χ0v) is 21.2. The Kier molecular flexibility index (Phi) is 7.12. The minimum Gasteiger partial charge on any atom is -0.490 e. The average molecular weight is 573 g/mol. The molecule has 8 heteroatoms. The number of hydrogen-bond donors (Lipinski definition) is 1. The summed E-state index contributed by atoms with van der Waals surface area (Å²) in [6.45, 7) is 2.29. The molecule has 0 radical (unpaired) electrons. The van der Waals surface area contributed by atoms with Gasteiger partial charge in [0.25, 0.3) is 0 Å². The van der Waals surface area contributed by atoms with Crippen LogP contribution < -0.4 is 15.2 Å². The van der Waals surface area contributed by atoms with Gasteiger partial charge in [-0.25, -0.2) is 4.39 Å². The van der Waals surface area contributed by atoms with Gasteiger partial charge in [0.05, 0.1) is 27.7 Å². The van der Waals surface area contributed by atoms with Crippen LogP contribution in [0.1, 0.15) is 43.2 Å². The molecule has 0 saturated carbocycles. The van der Waals surface area contributed by atoms with Gasteiger partial charge >= 0.3 is 0 Å². The van der Waals surface area contributed by atoms with E-state index in [0.29, 0.717) is 47.1 Å². The summed E-state index contributed by atoms with van der Waals surface area (Å²) in [6.07, 6.45) is 1.93. The number of halogens is 2. The molecule has 0 aromatic heterocycles. The summed E-state index contributed by atoms with van der Waals surface area (Å²) >= 11 is 2.14. The number of ketones is 1. The molecular weight excluding hydrogens is 548 g/mol. The average Bonchev–Trinajstić information content (AvgIpc) is 2.82. The van der Waals surface area contributed by atoms with Crippen LogP contribution >= 0.6 is 22.6 Å². The highest BCUT2D eigenvalue weighted by Crippen LogP contribution is 2.46. The van der Waals surface area contributed by atoms with Crippen LogP contribution in [0.5, 0.6) is 11.5 Å². The molecule has 1 atom stereocenters. The van der Waals surface area contributed by atoms with E-state index in [-0.39, 0.29) is 18.2 Å². The Labute approximate surface area is 212 Å². The van der Waals surface area contributed by atoms with E-state index in [0.717, 1.165) is 27.7 Å². The molecule has 2 N–H and O–H groups in total. The molecule has 2 aliphatic rings. The van der Waals surface area contributed by atoms with E-state index in [1.807, 2.05) is 13.0 Å². The number of nitriles is 1. The number of nitrogens with two attached hydrogens (primary N) is 1. The van der Waals surface area contributed by atoms with Crippen molar-refractivity contribution in [3.05, 3.63) is 79.6 Å². The van der Waals surface area contributed by atoms with Crippen molar-refractivity contribution in [2.75, 3.05) is 13.7 Å². The molecule has 1 aliphatic carbocycles. The molecule has 6 nitrogen and oxygen atoms in total. The lowest BCUT2D eigenvalue weighted by Crippen LogP contribution is -2.36. The van der Waals surface area contributed by atoms with Gasteiger partial charge in [0.1, 0.15) is 18.2 Å². The van der Waals surface area contributed by atoms with Crippen LogP contribution in [0.4, 0.5) is 4.39 Å². The molecule has 2 aromatic carbocycles. The highest BCUT2D eigenvalue weighted by molar-refractivity contribution is 14.1. The van der Waals surface area contributed by atoms with Crippen molar-refractivity contribution in [1.82, 2.24) is 4.90 Å². The fraction of sp³-hybridized carbons (Fsp3) is 0.308. The normalized spacial score (nSPS) is 18.0. The second-order valence-corrected chi connectivity index (χ2v) is 9.35. The number of Topliss-reactive ketones (excluding diaryl/α,β-unsaturated/α-hetero) is 1. The summed E-state index contributed by atoms with van der Waals surface area (Å²) in [5, 5.41) is 9.98. The van der Waals surface area contributed by atoms with Gasteiger partial charge in [-0.3, -0.25) is 4.79 Å². The number of hydrogen-bond acceptors (Lipinski definition) is 6. The molecule has 34 heavy (non-hydrogen) atoms. The van der Waals surface area contributed by atoms with Crippen molar-refractivity contribution in [2.45, 2.75) is 38.7 Å². The summed E-state index contributed by atoms with van der Waals surface area (Å²) < 4.78 is 26.7. The first-order valence-electron chi connectivity index (χ1n) is 11.1. The lowest BCUT2D eigenvalue weighted by molar-refractivity contribution is -0.116. The molecule has 4 rings (SSSR count). The Morgan fingerprint density at radius 2 is 2.03 bits per heavy atom. The van der Waals surface area contributed by atoms with E-state index in [1.165, 1.54) is 6.07 Å². The van der Waals surface area contributed by atoms with Crippen LogP contribution in [0.15, 0.2) is 59.1 Å². The van der Waals surface area contributed by atoms with Crippen molar-refractivity contribution >= 4 is 28.4 Å².